The van der Waals surface area contributed by atoms with Gasteiger partial charge in [-0.25, -0.2) is 0 Å². The first kappa shape index (κ1) is 19.8. The SMILES string of the molecule is CCN(CC)C(=S)SC(=O)N(C1=CCCCC1)c1ccc(OC)cc1. The van der Waals surface area contributed by atoms with E-state index in [0.717, 1.165) is 61.2 Å². The number of allylic oxidation sites excluding steroid dienone is 2. The molecule has 0 fully saturated rings. The lowest BCUT2D eigenvalue weighted by molar-refractivity contribution is 0.266. The lowest BCUT2D eigenvalue weighted by Crippen LogP contribution is -2.32. The van der Waals surface area contributed by atoms with Crippen LogP contribution >= 0.6 is 24.0 Å². The number of amides is 1. The lowest BCUT2D eigenvalue weighted by Gasteiger charge is -2.29. The highest BCUT2D eigenvalue weighted by Crippen LogP contribution is 2.31. The van der Waals surface area contributed by atoms with Crippen LogP contribution in [0.1, 0.15) is 39.5 Å². The van der Waals surface area contributed by atoms with Crippen LogP contribution in [0.25, 0.3) is 0 Å². The number of benzene rings is 1. The average molecular weight is 379 g/mol. The highest BCUT2D eigenvalue weighted by Gasteiger charge is 2.24. The summed E-state index contributed by atoms with van der Waals surface area (Å²) in [6, 6.07) is 7.61. The second-order valence-corrected chi connectivity index (χ2v) is 7.37. The molecule has 25 heavy (non-hydrogen) atoms. The largest absolute Gasteiger partial charge is 0.497 e. The molecule has 0 radical (unpaired) electrons. The maximum Gasteiger partial charge on any atom is 0.297 e. The molecule has 0 saturated heterocycles. The van der Waals surface area contributed by atoms with E-state index in [0.29, 0.717) is 4.32 Å². The zero-order valence-corrected chi connectivity index (χ0v) is 16.8. The number of hydrogen-bond acceptors (Lipinski definition) is 4. The Morgan fingerprint density at radius 1 is 1.20 bits per heavy atom. The quantitative estimate of drug-likeness (QED) is 0.637. The van der Waals surface area contributed by atoms with Gasteiger partial charge in [0, 0.05) is 36.2 Å². The number of methoxy groups -OCH3 is 1. The predicted octanol–water partition coefficient (Wildman–Crippen LogP) is 5.44. The number of ether oxygens (including phenoxy) is 1. The fourth-order valence-electron chi connectivity index (χ4n) is 2.81. The fourth-order valence-corrected chi connectivity index (χ4v) is 4.13. The molecule has 1 aliphatic rings. The summed E-state index contributed by atoms with van der Waals surface area (Å²) in [4.78, 5) is 16.9. The number of anilines is 1. The minimum atomic E-state index is -0.0461. The smallest absolute Gasteiger partial charge is 0.297 e. The summed E-state index contributed by atoms with van der Waals surface area (Å²) in [5.41, 5.74) is 1.92. The Hall–Kier alpha value is -1.53. The van der Waals surface area contributed by atoms with E-state index < -0.39 is 0 Å². The van der Waals surface area contributed by atoms with Crippen molar-refractivity contribution in [3.05, 3.63) is 36.0 Å². The zero-order chi connectivity index (χ0) is 18.2. The monoisotopic (exact) mass is 378 g/mol. The molecule has 0 atom stereocenters. The van der Waals surface area contributed by atoms with Crippen LogP contribution in [-0.2, 0) is 0 Å². The van der Waals surface area contributed by atoms with Crippen LogP contribution in [-0.4, -0.2) is 34.7 Å². The number of hydrogen-bond donors (Lipinski definition) is 0. The molecule has 0 bridgehead atoms. The van der Waals surface area contributed by atoms with Crippen LogP contribution in [0.3, 0.4) is 0 Å². The number of nitrogens with zero attached hydrogens (tertiary/aromatic N) is 2. The van der Waals surface area contributed by atoms with Crippen LogP contribution < -0.4 is 9.64 Å². The van der Waals surface area contributed by atoms with Crippen molar-refractivity contribution in [2.45, 2.75) is 39.5 Å². The molecule has 4 nitrogen and oxygen atoms in total. The third-order valence-corrected chi connectivity index (χ3v) is 5.56. The van der Waals surface area contributed by atoms with Crippen LogP contribution in [0, 0.1) is 0 Å². The molecule has 0 saturated carbocycles. The lowest BCUT2D eigenvalue weighted by atomic mass is 10.0. The minimum absolute atomic E-state index is 0.0461. The molecule has 0 N–H and O–H groups in total. The van der Waals surface area contributed by atoms with Crippen molar-refractivity contribution in [2.75, 3.05) is 25.1 Å². The van der Waals surface area contributed by atoms with E-state index in [4.69, 9.17) is 17.0 Å². The van der Waals surface area contributed by atoms with Crippen molar-refractivity contribution in [1.82, 2.24) is 4.90 Å². The molecule has 0 unspecified atom stereocenters. The summed E-state index contributed by atoms with van der Waals surface area (Å²) < 4.78 is 5.86. The van der Waals surface area contributed by atoms with Crippen molar-refractivity contribution in [3.63, 3.8) is 0 Å². The Morgan fingerprint density at radius 2 is 1.88 bits per heavy atom. The molecule has 2 rings (SSSR count). The molecule has 0 aromatic heterocycles. The summed E-state index contributed by atoms with van der Waals surface area (Å²) in [7, 11) is 1.64. The third-order valence-electron chi connectivity index (χ3n) is 4.26. The summed E-state index contributed by atoms with van der Waals surface area (Å²) in [5, 5.41) is -0.0461. The van der Waals surface area contributed by atoms with Crippen molar-refractivity contribution in [2.24, 2.45) is 0 Å². The molecule has 0 heterocycles. The molecule has 6 heteroatoms. The molecule has 0 spiro atoms. The number of carbonyl (C=O) groups excluding carboxylic acids is 1. The maximum absolute atomic E-state index is 13.0. The van der Waals surface area contributed by atoms with Gasteiger partial charge in [0.15, 0.2) is 0 Å². The van der Waals surface area contributed by atoms with Crippen molar-refractivity contribution in [3.8, 4) is 5.75 Å². The van der Waals surface area contributed by atoms with Crippen molar-refractivity contribution >= 4 is 39.2 Å². The van der Waals surface area contributed by atoms with E-state index in [1.54, 1.807) is 12.0 Å². The summed E-state index contributed by atoms with van der Waals surface area (Å²) in [6.45, 7) is 5.71. The zero-order valence-electron chi connectivity index (χ0n) is 15.2. The standard InChI is InChI=1S/C19H26N2O2S2/c1-4-20(5-2)19(24)25-18(22)21(15-9-7-6-8-10-15)16-11-13-17(23-3)14-12-16/h9,11-14H,4-8,10H2,1-3H3. The summed E-state index contributed by atoms with van der Waals surface area (Å²) >= 11 is 6.60. The topological polar surface area (TPSA) is 32.8 Å². The van der Waals surface area contributed by atoms with Crippen LogP contribution in [0.5, 0.6) is 5.75 Å². The predicted molar refractivity (Wildman–Crippen MR) is 111 cm³/mol. The minimum Gasteiger partial charge on any atom is -0.497 e. The summed E-state index contributed by atoms with van der Waals surface area (Å²) in [6.07, 6.45) is 6.39. The van der Waals surface area contributed by atoms with Gasteiger partial charge in [-0.05, 0) is 63.8 Å². The van der Waals surface area contributed by atoms with Crippen molar-refractivity contribution in [1.29, 1.82) is 0 Å². The Labute approximate surface area is 160 Å². The Morgan fingerprint density at radius 3 is 2.40 bits per heavy atom. The van der Waals surface area contributed by atoms with Gasteiger partial charge < -0.3 is 9.64 Å². The maximum atomic E-state index is 13.0. The van der Waals surface area contributed by atoms with Gasteiger partial charge in [-0.1, -0.05) is 18.3 Å². The molecule has 1 aliphatic carbocycles. The van der Waals surface area contributed by atoms with E-state index in [-0.39, 0.29) is 5.24 Å². The number of thioether (sulfide) groups is 1. The summed E-state index contributed by atoms with van der Waals surface area (Å²) in [5.74, 6) is 0.778. The molecular weight excluding hydrogens is 352 g/mol. The molecule has 0 aliphatic heterocycles. The fraction of sp³-hybridized carbons (Fsp3) is 0.474. The van der Waals surface area contributed by atoms with Crippen LogP contribution in [0.4, 0.5) is 10.5 Å². The molecule has 1 aromatic rings. The first-order valence-electron chi connectivity index (χ1n) is 8.74. The number of rotatable bonds is 5. The first-order chi connectivity index (χ1) is 12.1. The van der Waals surface area contributed by atoms with E-state index >= 15 is 0 Å². The third kappa shape index (κ3) is 5.22. The second kappa shape index (κ2) is 9.82. The van der Waals surface area contributed by atoms with E-state index in [2.05, 4.69) is 6.08 Å². The highest BCUT2D eigenvalue weighted by molar-refractivity contribution is 8.32. The molecule has 136 valence electrons. The average Bonchev–Trinajstić information content (AvgIpc) is 2.64. The van der Waals surface area contributed by atoms with Gasteiger partial charge in [0.2, 0.25) is 0 Å². The highest BCUT2D eigenvalue weighted by atomic mass is 32.2. The van der Waals surface area contributed by atoms with Gasteiger partial charge in [-0.2, -0.15) is 0 Å². The van der Waals surface area contributed by atoms with Gasteiger partial charge in [-0.3, -0.25) is 9.69 Å². The van der Waals surface area contributed by atoms with Gasteiger partial charge in [0.1, 0.15) is 10.1 Å². The molecule has 1 aromatic carbocycles. The van der Waals surface area contributed by atoms with Gasteiger partial charge >= 0.3 is 0 Å². The van der Waals surface area contributed by atoms with Crippen molar-refractivity contribution < 1.29 is 9.53 Å². The van der Waals surface area contributed by atoms with E-state index in [1.807, 2.05) is 43.0 Å². The van der Waals surface area contributed by atoms with E-state index in [1.165, 1.54) is 6.42 Å². The van der Waals surface area contributed by atoms with Gasteiger partial charge in [0.05, 0.1) is 7.11 Å². The van der Waals surface area contributed by atoms with Gasteiger partial charge in [0.25, 0.3) is 5.24 Å². The number of thiocarbonyl (C=S) groups is 1. The van der Waals surface area contributed by atoms with Gasteiger partial charge in [-0.15, -0.1) is 0 Å². The van der Waals surface area contributed by atoms with Crippen LogP contribution in [0.2, 0.25) is 0 Å². The number of carbonyl (C=O) groups is 1. The van der Waals surface area contributed by atoms with E-state index in [9.17, 15) is 4.79 Å². The normalized spacial score (nSPS) is 13.8. The molecule has 1 amide bonds. The first-order valence-corrected chi connectivity index (χ1v) is 9.97. The van der Waals surface area contributed by atoms with Crippen LogP contribution in [0.15, 0.2) is 36.0 Å². The Bertz CT molecular complexity index is 625. The Kier molecular flexibility index (Phi) is 7.78. The molecular formula is C19H26N2O2S2. The Balaban J connectivity index is 2.25. The second-order valence-electron chi connectivity index (χ2n) is 5.78.